The number of nitrogens with two attached hydrogens (primary N) is 1. The molecule has 0 bridgehead atoms. The number of rotatable bonds is 5. The van der Waals surface area contributed by atoms with Gasteiger partial charge in [-0.2, -0.15) is 0 Å². The molecule has 6 N–H and O–H groups in total. The lowest BCUT2D eigenvalue weighted by Crippen LogP contribution is -2.33. The molecular weight excluding hydrogens is 375 g/mol. The van der Waals surface area contributed by atoms with Crippen LogP contribution in [-0.2, 0) is 13.8 Å². The van der Waals surface area contributed by atoms with Gasteiger partial charge in [0.05, 0.1) is 12.9 Å². The van der Waals surface area contributed by atoms with E-state index in [9.17, 15) is 14.8 Å². The lowest BCUT2D eigenvalue weighted by molar-refractivity contribution is -0.0503. The van der Waals surface area contributed by atoms with Crippen molar-refractivity contribution in [1.29, 1.82) is 0 Å². The summed E-state index contributed by atoms with van der Waals surface area (Å²) in [7, 11) is -4.78. The maximum Gasteiger partial charge on any atom is 0.469 e. The normalized spacial score (nSPS) is 26.2. The highest BCUT2D eigenvalue weighted by atomic mass is 31.2. The van der Waals surface area contributed by atoms with Crippen LogP contribution in [0, 0.1) is 0 Å². The topological polar surface area (TPSA) is 235 Å². The number of phosphoric acid groups is 1. The standard InChI is InChI=1S/C10H13N8O7P/c11-7-4-8(15-10(14-7)16-17-12)18(2-13-4)9-6(20)5(19)3(25-9)1-24-26(21,22)23/h2-3,5-6,9,19-20H,1H2,(H2,11,14,15)(H2,21,22,23)/t3-,5-,6-,9-/m1/s1. The number of imidazole rings is 1. The van der Waals surface area contributed by atoms with Gasteiger partial charge >= 0.3 is 7.82 Å². The lowest BCUT2D eigenvalue weighted by atomic mass is 10.1. The van der Waals surface area contributed by atoms with E-state index < -0.39 is 39.0 Å². The first kappa shape index (κ1) is 18.4. The van der Waals surface area contributed by atoms with Crippen molar-refractivity contribution < 1.29 is 33.8 Å². The number of anilines is 1. The number of fused-ring (bicyclic) bond motifs is 1. The molecule has 1 saturated heterocycles. The van der Waals surface area contributed by atoms with Crippen molar-refractivity contribution in [3.63, 3.8) is 0 Å². The second-order valence-electron chi connectivity index (χ2n) is 5.25. The molecule has 15 nitrogen and oxygen atoms in total. The number of azide groups is 1. The Hall–Kier alpha value is -2.35. The van der Waals surface area contributed by atoms with Gasteiger partial charge in [-0.1, -0.05) is 0 Å². The van der Waals surface area contributed by atoms with E-state index in [2.05, 4.69) is 29.5 Å². The van der Waals surface area contributed by atoms with Gasteiger partial charge in [-0.3, -0.25) is 9.09 Å². The zero-order valence-corrected chi connectivity index (χ0v) is 13.7. The summed E-state index contributed by atoms with van der Waals surface area (Å²) in [4.78, 5) is 31.7. The number of hydrogen-bond donors (Lipinski definition) is 5. The summed E-state index contributed by atoms with van der Waals surface area (Å²) >= 11 is 0. The molecule has 0 amide bonds. The fraction of sp³-hybridized carbons (Fsp3) is 0.500. The summed E-state index contributed by atoms with van der Waals surface area (Å²) in [6, 6.07) is 0. The Kier molecular flexibility index (Phi) is 4.79. The van der Waals surface area contributed by atoms with Crippen LogP contribution in [0.5, 0.6) is 0 Å². The minimum Gasteiger partial charge on any atom is -0.387 e. The molecule has 3 heterocycles. The van der Waals surface area contributed by atoms with Crippen LogP contribution in [0.2, 0.25) is 0 Å². The number of nitrogen functional groups attached to an aromatic ring is 1. The Labute approximate surface area is 143 Å². The van der Waals surface area contributed by atoms with E-state index in [1.807, 2.05) is 0 Å². The van der Waals surface area contributed by atoms with Gasteiger partial charge < -0.3 is 30.5 Å². The van der Waals surface area contributed by atoms with E-state index >= 15 is 0 Å². The van der Waals surface area contributed by atoms with E-state index in [-0.39, 0.29) is 22.9 Å². The summed E-state index contributed by atoms with van der Waals surface area (Å²) in [6.45, 7) is -0.660. The Bertz CT molecular complexity index is 923. The zero-order chi connectivity index (χ0) is 19.1. The zero-order valence-electron chi connectivity index (χ0n) is 12.8. The van der Waals surface area contributed by atoms with Crippen molar-refractivity contribution in [3.05, 3.63) is 16.8 Å². The first-order chi connectivity index (χ1) is 12.2. The third-order valence-electron chi connectivity index (χ3n) is 3.59. The minimum atomic E-state index is -4.78. The van der Waals surface area contributed by atoms with Gasteiger partial charge in [0, 0.05) is 4.91 Å². The number of phosphoric ester groups is 1. The molecule has 0 saturated carbocycles. The molecule has 4 atom stereocenters. The molecule has 140 valence electrons. The molecule has 3 rings (SSSR count). The van der Waals surface area contributed by atoms with E-state index in [1.165, 1.54) is 10.9 Å². The SMILES string of the molecule is [N-]=[N+]=Nc1nc(N)c2ncn([C@@H]3O[C@H](COP(=O)(O)O)[C@@H](O)[C@H]3O)c2n1. The monoisotopic (exact) mass is 388 g/mol. The Morgan fingerprint density at radius 1 is 1.42 bits per heavy atom. The van der Waals surface area contributed by atoms with Crippen molar-refractivity contribution in [2.75, 3.05) is 12.3 Å². The highest BCUT2D eigenvalue weighted by Crippen LogP contribution is 2.39. The molecular formula is C10H13N8O7P. The molecule has 2 aromatic heterocycles. The van der Waals surface area contributed by atoms with Gasteiger partial charge in [-0.05, 0) is 10.6 Å². The summed E-state index contributed by atoms with van der Waals surface area (Å²) in [6.07, 6.45) is -4.22. The van der Waals surface area contributed by atoms with Gasteiger partial charge in [0.1, 0.15) is 23.8 Å². The second-order valence-corrected chi connectivity index (χ2v) is 6.49. The van der Waals surface area contributed by atoms with E-state index in [1.54, 1.807) is 0 Å². The molecule has 0 spiro atoms. The molecule has 0 radical (unpaired) electrons. The third kappa shape index (κ3) is 3.46. The quantitative estimate of drug-likeness (QED) is 0.182. The Morgan fingerprint density at radius 3 is 2.81 bits per heavy atom. The van der Waals surface area contributed by atoms with E-state index in [0.717, 1.165) is 0 Å². The largest absolute Gasteiger partial charge is 0.469 e. The Morgan fingerprint density at radius 2 is 2.15 bits per heavy atom. The van der Waals surface area contributed by atoms with Crippen LogP contribution in [0.3, 0.4) is 0 Å². The van der Waals surface area contributed by atoms with Crippen molar-refractivity contribution in [1.82, 2.24) is 19.5 Å². The van der Waals surface area contributed by atoms with Gasteiger partial charge in [0.25, 0.3) is 0 Å². The van der Waals surface area contributed by atoms with Crippen molar-refractivity contribution in [2.24, 2.45) is 5.11 Å². The fourth-order valence-electron chi connectivity index (χ4n) is 2.46. The molecule has 1 aliphatic heterocycles. The minimum absolute atomic E-state index is 0.0627. The van der Waals surface area contributed by atoms with Crippen LogP contribution in [0.15, 0.2) is 11.4 Å². The number of nitrogens with zero attached hydrogens (tertiary/aromatic N) is 7. The maximum atomic E-state index is 10.8. The number of aromatic nitrogens is 4. The van der Waals surface area contributed by atoms with Gasteiger partial charge in [-0.15, -0.1) is 0 Å². The van der Waals surface area contributed by atoms with Crippen molar-refractivity contribution in [2.45, 2.75) is 24.5 Å². The van der Waals surface area contributed by atoms with Crippen LogP contribution in [0.25, 0.3) is 21.6 Å². The van der Waals surface area contributed by atoms with Crippen LogP contribution >= 0.6 is 7.82 Å². The number of aliphatic hydroxyl groups is 2. The third-order valence-corrected chi connectivity index (χ3v) is 4.07. The molecule has 0 aromatic carbocycles. The molecule has 26 heavy (non-hydrogen) atoms. The van der Waals surface area contributed by atoms with Crippen LogP contribution < -0.4 is 5.73 Å². The van der Waals surface area contributed by atoms with Crippen LogP contribution in [0.1, 0.15) is 6.23 Å². The lowest BCUT2D eigenvalue weighted by Gasteiger charge is -2.16. The average Bonchev–Trinajstić information content (AvgIpc) is 3.08. The number of hydrogen-bond acceptors (Lipinski definition) is 10. The summed E-state index contributed by atoms with van der Waals surface area (Å²) in [5, 5.41) is 23.5. The second kappa shape index (κ2) is 6.75. The molecule has 0 aliphatic carbocycles. The highest BCUT2D eigenvalue weighted by Gasteiger charge is 2.45. The van der Waals surface area contributed by atoms with Gasteiger partial charge in [-0.25, -0.2) is 19.5 Å². The Balaban J connectivity index is 1.93. The first-order valence-electron chi connectivity index (χ1n) is 6.98. The van der Waals surface area contributed by atoms with Gasteiger partial charge in [0.2, 0.25) is 5.95 Å². The maximum absolute atomic E-state index is 10.8. The molecule has 16 heteroatoms. The van der Waals surface area contributed by atoms with Gasteiger partial charge in [0.15, 0.2) is 17.7 Å². The highest BCUT2D eigenvalue weighted by molar-refractivity contribution is 7.46. The van der Waals surface area contributed by atoms with Crippen LogP contribution in [0.4, 0.5) is 11.8 Å². The number of aliphatic hydroxyl groups excluding tert-OH is 2. The van der Waals surface area contributed by atoms with E-state index in [4.69, 9.17) is 25.8 Å². The molecule has 1 fully saturated rings. The number of ether oxygens (including phenoxy) is 1. The predicted octanol–water partition coefficient (Wildman–Crippen LogP) is -0.921. The average molecular weight is 388 g/mol. The predicted molar refractivity (Wildman–Crippen MR) is 82.5 cm³/mol. The molecule has 2 aromatic rings. The van der Waals surface area contributed by atoms with Crippen molar-refractivity contribution in [3.8, 4) is 0 Å². The summed E-state index contributed by atoms with van der Waals surface area (Å²) in [5.41, 5.74) is 14.4. The first-order valence-corrected chi connectivity index (χ1v) is 8.51. The van der Waals surface area contributed by atoms with Crippen LogP contribution in [-0.4, -0.2) is 64.4 Å². The molecule has 0 unspecified atom stereocenters. The molecule has 1 aliphatic rings. The summed E-state index contributed by atoms with van der Waals surface area (Å²) < 4.78 is 21.7. The smallest absolute Gasteiger partial charge is 0.387 e. The fourth-order valence-corrected chi connectivity index (χ4v) is 2.81. The van der Waals surface area contributed by atoms with E-state index in [0.29, 0.717) is 0 Å². The van der Waals surface area contributed by atoms with Crippen molar-refractivity contribution >= 4 is 30.8 Å². The summed E-state index contributed by atoms with van der Waals surface area (Å²) in [5.74, 6) is -0.362.